The van der Waals surface area contributed by atoms with Gasteiger partial charge in [-0.25, -0.2) is 9.18 Å². The number of methoxy groups -OCH3 is 1. The highest BCUT2D eigenvalue weighted by Gasteiger charge is 2.48. The molecule has 12 heteroatoms. The van der Waals surface area contributed by atoms with Gasteiger partial charge in [-0.3, -0.25) is 14.5 Å². The van der Waals surface area contributed by atoms with Crippen molar-refractivity contribution in [2.45, 2.75) is 29.7 Å². The van der Waals surface area contributed by atoms with E-state index in [1.165, 1.54) is 48.0 Å². The summed E-state index contributed by atoms with van der Waals surface area (Å²) in [5, 5.41) is 20.1. The minimum absolute atomic E-state index is 0.143. The Morgan fingerprint density at radius 2 is 1.62 bits per heavy atom. The van der Waals surface area contributed by atoms with Crippen LogP contribution >= 0.6 is 23.1 Å². The molecule has 2 heterocycles. The van der Waals surface area contributed by atoms with Gasteiger partial charge in [0.2, 0.25) is 5.13 Å². The van der Waals surface area contributed by atoms with Crippen molar-refractivity contribution in [2.75, 3.05) is 12.0 Å². The van der Waals surface area contributed by atoms with E-state index in [0.29, 0.717) is 33.6 Å². The summed E-state index contributed by atoms with van der Waals surface area (Å²) in [6.45, 7) is 2.36. The number of hydrogen-bond acceptors (Lipinski definition) is 10. The molecular formula is C36H28FN3O6S2. The Morgan fingerprint density at radius 1 is 0.938 bits per heavy atom. The largest absolute Gasteiger partial charge is 0.507 e. The van der Waals surface area contributed by atoms with E-state index in [9.17, 15) is 23.9 Å². The number of aliphatic hydroxyl groups is 1. The number of thioether (sulfide) groups is 1. The first-order valence-corrected chi connectivity index (χ1v) is 16.5. The lowest BCUT2D eigenvalue weighted by Crippen LogP contribution is -2.29. The molecule has 1 aliphatic heterocycles. The molecular weight excluding hydrogens is 654 g/mol. The van der Waals surface area contributed by atoms with Gasteiger partial charge in [-0.2, -0.15) is 0 Å². The molecule has 242 valence electrons. The zero-order chi connectivity index (χ0) is 33.8. The maximum Gasteiger partial charge on any atom is 0.337 e. The molecule has 1 unspecified atom stereocenters. The number of hydrogen-bond donors (Lipinski definition) is 1. The van der Waals surface area contributed by atoms with Crippen molar-refractivity contribution < 1.29 is 33.4 Å². The summed E-state index contributed by atoms with van der Waals surface area (Å²) in [6.07, 6.45) is 0. The maximum absolute atomic E-state index is 13.6. The Labute approximate surface area is 283 Å². The van der Waals surface area contributed by atoms with Crippen molar-refractivity contribution in [3.63, 3.8) is 0 Å². The van der Waals surface area contributed by atoms with E-state index in [-0.39, 0.29) is 27.8 Å². The predicted molar refractivity (Wildman–Crippen MR) is 180 cm³/mol. The summed E-state index contributed by atoms with van der Waals surface area (Å²) >= 11 is 2.46. The number of Topliss-reactive ketones (excluding diaryl/α,β-unsaturated/α-hetero) is 1. The second kappa shape index (κ2) is 14.2. The molecule has 1 fully saturated rings. The first kappa shape index (κ1) is 32.6. The van der Waals surface area contributed by atoms with Gasteiger partial charge in [0.15, 0.2) is 4.34 Å². The lowest BCUT2D eigenvalue weighted by molar-refractivity contribution is -0.132. The Bertz CT molecular complexity index is 2010. The molecule has 1 amide bonds. The molecule has 1 atom stereocenters. The summed E-state index contributed by atoms with van der Waals surface area (Å²) in [5.74, 6) is -2.00. The topological polar surface area (TPSA) is 119 Å². The number of anilines is 1. The molecule has 0 radical (unpaired) electrons. The quantitative estimate of drug-likeness (QED) is 0.0405. The molecule has 0 spiro atoms. The number of halogens is 1. The van der Waals surface area contributed by atoms with Gasteiger partial charge < -0.3 is 14.6 Å². The van der Waals surface area contributed by atoms with E-state index in [4.69, 9.17) is 9.47 Å². The Kier molecular flexibility index (Phi) is 9.65. The number of carbonyl (C=O) groups excluding carboxylic acids is 3. The number of ketones is 1. The number of rotatable bonds is 10. The smallest absolute Gasteiger partial charge is 0.337 e. The van der Waals surface area contributed by atoms with Crippen LogP contribution < -0.4 is 9.64 Å². The van der Waals surface area contributed by atoms with E-state index in [1.807, 2.05) is 31.2 Å². The van der Waals surface area contributed by atoms with Crippen LogP contribution in [0.1, 0.15) is 44.2 Å². The van der Waals surface area contributed by atoms with Crippen LogP contribution in [0, 0.1) is 12.7 Å². The first-order chi connectivity index (χ1) is 23.2. The van der Waals surface area contributed by atoms with Crippen molar-refractivity contribution in [1.29, 1.82) is 0 Å². The molecule has 0 aliphatic carbocycles. The second-order valence-electron chi connectivity index (χ2n) is 10.8. The van der Waals surface area contributed by atoms with E-state index in [0.717, 1.165) is 28.0 Å². The van der Waals surface area contributed by atoms with Crippen LogP contribution in [-0.2, 0) is 26.7 Å². The average Bonchev–Trinajstić information content (AvgIpc) is 3.68. The number of aryl methyl sites for hydroxylation is 1. The van der Waals surface area contributed by atoms with E-state index in [1.54, 1.807) is 48.5 Å². The first-order valence-electron chi connectivity index (χ1n) is 14.7. The number of benzene rings is 4. The number of amides is 1. The standard InChI is InChI=1S/C36H28FN3O6S2/c1-21-5-3-4-6-26(21)19-46-28-17-13-24(14-18-28)31(41)29-30(23-9-11-25(12-10-23)34(44)45-2)40(33(43)32(29)42)35-38-39-36(48-35)47-20-22-7-15-27(37)16-8-22/h3-18,30,41H,19-20H2,1-2H3/b31-29+. The number of aromatic nitrogens is 2. The molecule has 0 saturated carbocycles. The minimum atomic E-state index is -1.07. The predicted octanol–water partition coefficient (Wildman–Crippen LogP) is 7.27. The Balaban J connectivity index is 1.32. The van der Waals surface area contributed by atoms with Crippen LogP contribution in [-0.4, -0.2) is 40.1 Å². The molecule has 48 heavy (non-hydrogen) atoms. The van der Waals surface area contributed by atoms with Crippen LogP contribution in [0.5, 0.6) is 5.75 Å². The fraction of sp³-hybridized carbons (Fsp3) is 0.139. The van der Waals surface area contributed by atoms with Gasteiger partial charge in [0.05, 0.1) is 24.3 Å². The maximum atomic E-state index is 13.6. The normalized spacial score (nSPS) is 15.5. The highest BCUT2D eigenvalue weighted by Crippen LogP contribution is 2.44. The third kappa shape index (κ3) is 6.85. The Hall–Kier alpha value is -5.33. The SMILES string of the molecule is COC(=O)c1ccc(C2/C(=C(\O)c3ccc(OCc4ccccc4C)cc3)C(=O)C(=O)N2c2nnc(SCc3ccc(F)cc3)s2)cc1. The van der Waals surface area contributed by atoms with Crippen molar-refractivity contribution >= 4 is 51.6 Å². The highest BCUT2D eigenvalue weighted by atomic mass is 32.2. The van der Waals surface area contributed by atoms with Gasteiger partial charge in [-0.1, -0.05) is 71.6 Å². The number of ether oxygens (including phenoxy) is 2. The third-order valence-electron chi connectivity index (χ3n) is 7.75. The highest BCUT2D eigenvalue weighted by molar-refractivity contribution is 8.00. The monoisotopic (exact) mass is 681 g/mol. The van der Waals surface area contributed by atoms with Gasteiger partial charge in [0.1, 0.15) is 23.9 Å². The summed E-state index contributed by atoms with van der Waals surface area (Å²) in [6, 6.07) is 25.7. The molecule has 1 aliphatic rings. The number of carbonyl (C=O) groups is 3. The van der Waals surface area contributed by atoms with Crippen LogP contribution in [0.3, 0.4) is 0 Å². The molecule has 6 rings (SSSR count). The lowest BCUT2D eigenvalue weighted by atomic mass is 9.94. The lowest BCUT2D eigenvalue weighted by Gasteiger charge is -2.22. The molecule has 0 bridgehead atoms. The second-order valence-corrected chi connectivity index (χ2v) is 13.0. The van der Waals surface area contributed by atoms with Crippen LogP contribution in [0.15, 0.2) is 107 Å². The number of nitrogens with zero attached hydrogens (tertiary/aromatic N) is 3. The Morgan fingerprint density at radius 3 is 2.31 bits per heavy atom. The van der Waals surface area contributed by atoms with E-state index >= 15 is 0 Å². The van der Waals surface area contributed by atoms with Gasteiger partial charge in [0, 0.05) is 11.3 Å². The molecule has 1 saturated heterocycles. The van der Waals surface area contributed by atoms with Gasteiger partial charge in [-0.05, 0) is 77.7 Å². The van der Waals surface area contributed by atoms with E-state index in [2.05, 4.69) is 10.2 Å². The van der Waals surface area contributed by atoms with E-state index < -0.39 is 23.7 Å². The van der Waals surface area contributed by atoms with Crippen molar-refractivity contribution in [3.8, 4) is 5.75 Å². The molecule has 1 aromatic heterocycles. The fourth-order valence-corrected chi connectivity index (χ4v) is 6.97. The number of aliphatic hydroxyl groups excluding tert-OH is 1. The third-order valence-corrected chi connectivity index (χ3v) is 9.88. The van der Waals surface area contributed by atoms with Crippen LogP contribution in [0.4, 0.5) is 9.52 Å². The molecule has 9 nitrogen and oxygen atoms in total. The van der Waals surface area contributed by atoms with Gasteiger partial charge in [0.25, 0.3) is 5.78 Å². The summed E-state index contributed by atoms with van der Waals surface area (Å²) in [4.78, 5) is 40.6. The molecule has 5 aromatic rings. The average molecular weight is 682 g/mol. The van der Waals surface area contributed by atoms with Gasteiger partial charge in [-0.15, -0.1) is 10.2 Å². The van der Waals surface area contributed by atoms with Crippen molar-refractivity contribution in [3.05, 3.63) is 142 Å². The minimum Gasteiger partial charge on any atom is -0.507 e. The fourth-order valence-electron chi connectivity index (χ4n) is 5.15. The number of esters is 1. The summed E-state index contributed by atoms with van der Waals surface area (Å²) < 4.78 is 24.6. The summed E-state index contributed by atoms with van der Waals surface area (Å²) in [7, 11) is 1.27. The molecule has 4 aromatic carbocycles. The zero-order valence-electron chi connectivity index (χ0n) is 25.8. The van der Waals surface area contributed by atoms with Crippen LogP contribution in [0.25, 0.3) is 5.76 Å². The van der Waals surface area contributed by atoms with Crippen molar-refractivity contribution in [2.24, 2.45) is 0 Å². The van der Waals surface area contributed by atoms with Crippen molar-refractivity contribution in [1.82, 2.24) is 10.2 Å². The zero-order valence-corrected chi connectivity index (χ0v) is 27.4. The van der Waals surface area contributed by atoms with Gasteiger partial charge >= 0.3 is 11.9 Å². The molecule has 1 N–H and O–H groups in total. The van der Waals surface area contributed by atoms with Crippen LogP contribution in [0.2, 0.25) is 0 Å². The summed E-state index contributed by atoms with van der Waals surface area (Å²) in [5.41, 5.74) is 3.90.